The number of rotatable bonds is 10. The first kappa shape index (κ1) is 36.3. The zero-order chi connectivity index (χ0) is 34.1. The molecule has 0 fully saturated rings. The van der Waals surface area contributed by atoms with Crippen LogP contribution in [0.4, 0.5) is 5.69 Å². The number of aliphatic hydroxyl groups is 1. The van der Waals surface area contributed by atoms with Gasteiger partial charge in [-0.1, -0.05) is 25.1 Å². The summed E-state index contributed by atoms with van der Waals surface area (Å²) in [4.78, 5) is 29.3. The lowest BCUT2D eigenvalue weighted by molar-refractivity contribution is -0.0177. The van der Waals surface area contributed by atoms with Gasteiger partial charge < -0.3 is 24.6 Å². The first-order chi connectivity index (χ1) is 22.4. The maximum Gasteiger partial charge on any atom is 0.335 e. The van der Waals surface area contributed by atoms with Crippen molar-refractivity contribution in [3.63, 3.8) is 0 Å². The second kappa shape index (κ2) is 16.6. The van der Waals surface area contributed by atoms with E-state index in [9.17, 15) is 28.2 Å². The van der Waals surface area contributed by atoms with Crippen molar-refractivity contribution in [3.8, 4) is 5.75 Å². The van der Waals surface area contributed by atoms with Gasteiger partial charge in [-0.2, -0.15) is 0 Å². The minimum atomic E-state index is -3.85. The van der Waals surface area contributed by atoms with Gasteiger partial charge in [0.2, 0.25) is 0 Å². The molecule has 0 radical (unpaired) electrons. The number of fused-ring (bicyclic) bond motifs is 1. The number of aliphatic hydroxyl groups excluding tert-OH is 1. The number of hydrogen-bond acceptors (Lipinski definition) is 9. The van der Waals surface area contributed by atoms with Crippen molar-refractivity contribution in [1.29, 1.82) is 0 Å². The van der Waals surface area contributed by atoms with Crippen LogP contribution in [-0.4, -0.2) is 91.9 Å². The van der Waals surface area contributed by atoms with Crippen molar-refractivity contribution in [2.45, 2.75) is 69.0 Å². The van der Waals surface area contributed by atoms with Crippen LogP contribution in [0.15, 0.2) is 64.2 Å². The smallest absolute Gasteiger partial charge is 0.335 e. The van der Waals surface area contributed by atoms with Gasteiger partial charge in [-0.3, -0.25) is 14.4 Å². The number of benzene rings is 2. The Kier molecular flexibility index (Phi) is 12.8. The fourth-order valence-electron chi connectivity index (χ4n) is 5.51. The number of hydrogen-bond donors (Lipinski definition) is 3. The molecule has 13 heteroatoms. The second-order valence-corrected chi connectivity index (χ2v) is 15.1. The van der Waals surface area contributed by atoms with Crippen LogP contribution in [0.3, 0.4) is 0 Å². The van der Waals surface area contributed by atoms with Crippen LogP contribution < -0.4 is 9.46 Å². The summed E-state index contributed by atoms with van der Waals surface area (Å²) in [6.07, 6.45) is 1.94. The molecule has 1 aliphatic rings. The number of amides is 1. The van der Waals surface area contributed by atoms with Crippen LogP contribution >= 0.6 is 11.3 Å². The number of carbonyl (C=O) groups excluding carboxylic acids is 1. The van der Waals surface area contributed by atoms with Crippen LogP contribution in [0.1, 0.15) is 66.3 Å². The molecule has 0 saturated heterocycles. The third-order valence-electron chi connectivity index (χ3n) is 8.21. The Morgan fingerprint density at radius 3 is 2.55 bits per heavy atom. The van der Waals surface area contributed by atoms with Gasteiger partial charge in [-0.25, -0.2) is 13.2 Å². The molecule has 47 heavy (non-hydrogen) atoms. The van der Waals surface area contributed by atoms with Crippen molar-refractivity contribution < 1.29 is 37.7 Å². The fourth-order valence-corrected chi connectivity index (χ4v) is 7.55. The SMILES string of the molecule is C[C@@H]1CCCCO[C@@H](CN(C)Cc2ccc(C(=O)O)cc2)[C@@H](C)CN([C@H](C)CO)C(=O)c2cc(NS(=O)(=O)c3cccs3)ccc2O1. The largest absolute Gasteiger partial charge is 0.490 e. The molecule has 2 aromatic carbocycles. The third-order valence-corrected chi connectivity index (χ3v) is 11.0. The van der Waals surface area contributed by atoms with Gasteiger partial charge in [0.05, 0.1) is 36.0 Å². The molecule has 1 aromatic heterocycles. The Hall–Kier alpha value is -3.49. The number of carbonyl (C=O) groups is 2. The topological polar surface area (TPSA) is 146 Å². The van der Waals surface area contributed by atoms with Crippen LogP contribution in [0.25, 0.3) is 0 Å². The van der Waals surface area contributed by atoms with E-state index in [2.05, 4.69) is 9.62 Å². The summed E-state index contributed by atoms with van der Waals surface area (Å²) in [5, 5.41) is 21.1. The highest BCUT2D eigenvalue weighted by molar-refractivity contribution is 7.94. The molecule has 0 aliphatic carbocycles. The number of carboxylic acids is 1. The maximum atomic E-state index is 14.3. The number of carboxylic acid groups (broad SMARTS) is 1. The number of nitrogens with zero attached hydrogens (tertiary/aromatic N) is 2. The Morgan fingerprint density at radius 1 is 1.15 bits per heavy atom. The highest BCUT2D eigenvalue weighted by atomic mass is 32.2. The monoisotopic (exact) mass is 687 g/mol. The van der Waals surface area contributed by atoms with Crippen molar-refractivity contribution in [1.82, 2.24) is 9.80 Å². The average Bonchev–Trinajstić information content (AvgIpc) is 3.59. The number of sulfonamides is 1. The average molecular weight is 688 g/mol. The number of aromatic carboxylic acids is 1. The number of likely N-dealkylation sites (N-methyl/N-ethyl adjacent to an activating group) is 1. The van der Waals surface area contributed by atoms with E-state index in [1.807, 2.05) is 20.9 Å². The fraction of sp³-hybridized carbons (Fsp3) is 0.471. The van der Waals surface area contributed by atoms with E-state index in [1.54, 1.807) is 59.7 Å². The lowest BCUT2D eigenvalue weighted by Gasteiger charge is -2.36. The predicted octanol–water partition coefficient (Wildman–Crippen LogP) is 5.17. The lowest BCUT2D eigenvalue weighted by Crippen LogP contribution is -2.47. The van der Waals surface area contributed by atoms with Gasteiger partial charge in [0.15, 0.2) is 0 Å². The summed E-state index contributed by atoms with van der Waals surface area (Å²) in [5.41, 5.74) is 1.63. The molecule has 0 bridgehead atoms. The molecule has 3 N–H and O–H groups in total. The molecular formula is C34H45N3O8S2. The minimum absolute atomic E-state index is 0.142. The first-order valence-corrected chi connectivity index (χ1v) is 18.2. The molecule has 0 spiro atoms. The minimum Gasteiger partial charge on any atom is -0.490 e. The van der Waals surface area contributed by atoms with E-state index in [0.29, 0.717) is 25.4 Å². The molecule has 2 heterocycles. The van der Waals surface area contributed by atoms with Gasteiger partial charge in [-0.05, 0) is 87.5 Å². The summed E-state index contributed by atoms with van der Waals surface area (Å²) in [7, 11) is -1.88. The zero-order valence-electron chi connectivity index (χ0n) is 27.3. The van der Waals surface area contributed by atoms with Gasteiger partial charge in [0.1, 0.15) is 9.96 Å². The van der Waals surface area contributed by atoms with Crippen LogP contribution in [0.5, 0.6) is 5.75 Å². The first-order valence-electron chi connectivity index (χ1n) is 15.8. The zero-order valence-corrected chi connectivity index (χ0v) is 28.9. The van der Waals surface area contributed by atoms with Crippen LogP contribution in [0, 0.1) is 5.92 Å². The molecule has 256 valence electrons. The second-order valence-electron chi connectivity index (χ2n) is 12.2. The number of thiophene rings is 1. The molecular weight excluding hydrogens is 643 g/mol. The quantitative estimate of drug-likeness (QED) is 0.263. The summed E-state index contributed by atoms with van der Waals surface area (Å²) >= 11 is 1.10. The van der Waals surface area contributed by atoms with E-state index < -0.39 is 22.0 Å². The van der Waals surface area contributed by atoms with E-state index in [4.69, 9.17) is 9.47 Å². The lowest BCUT2D eigenvalue weighted by atomic mass is 10.0. The molecule has 1 amide bonds. The summed E-state index contributed by atoms with van der Waals surface area (Å²) < 4.78 is 41.4. The molecule has 4 rings (SSSR count). The van der Waals surface area contributed by atoms with E-state index >= 15 is 0 Å². The van der Waals surface area contributed by atoms with E-state index in [0.717, 1.165) is 36.2 Å². The number of anilines is 1. The highest BCUT2D eigenvalue weighted by Crippen LogP contribution is 2.30. The predicted molar refractivity (Wildman–Crippen MR) is 182 cm³/mol. The highest BCUT2D eigenvalue weighted by Gasteiger charge is 2.31. The Bertz CT molecular complexity index is 1580. The van der Waals surface area contributed by atoms with Gasteiger partial charge in [0.25, 0.3) is 15.9 Å². The van der Waals surface area contributed by atoms with Crippen molar-refractivity contribution in [2.24, 2.45) is 5.92 Å². The molecule has 4 atom stereocenters. The number of ether oxygens (including phenoxy) is 2. The Balaban J connectivity index is 1.61. The van der Waals surface area contributed by atoms with E-state index in [-0.39, 0.29) is 58.2 Å². The Morgan fingerprint density at radius 2 is 1.89 bits per heavy atom. The van der Waals surface area contributed by atoms with Crippen molar-refractivity contribution >= 4 is 38.9 Å². The van der Waals surface area contributed by atoms with Crippen molar-refractivity contribution in [2.75, 3.05) is 38.1 Å². The van der Waals surface area contributed by atoms with Crippen molar-refractivity contribution in [3.05, 3.63) is 76.7 Å². The van der Waals surface area contributed by atoms with Gasteiger partial charge in [-0.15, -0.1) is 11.3 Å². The summed E-state index contributed by atoms with van der Waals surface area (Å²) in [6, 6.07) is 14.1. The maximum absolute atomic E-state index is 14.3. The Labute approximate surface area is 281 Å². The molecule has 3 aromatic rings. The van der Waals surface area contributed by atoms with Gasteiger partial charge in [0, 0.05) is 37.8 Å². The summed E-state index contributed by atoms with van der Waals surface area (Å²) in [6.45, 7) is 7.39. The molecule has 0 unspecified atom stereocenters. The summed E-state index contributed by atoms with van der Waals surface area (Å²) in [5.74, 6) is -1.15. The molecule has 1 aliphatic heterocycles. The number of nitrogens with one attached hydrogen (secondary N) is 1. The molecule has 11 nitrogen and oxygen atoms in total. The molecule has 0 saturated carbocycles. The van der Waals surface area contributed by atoms with Crippen LogP contribution in [0.2, 0.25) is 0 Å². The normalized spacial score (nSPS) is 20.6. The van der Waals surface area contributed by atoms with Crippen LogP contribution in [-0.2, 0) is 21.3 Å². The van der Waals surface area contributed by atoms with E-state index in [1.165, 1.54) is 12.1 Å². The standard InChI is InChI=1S/C34H45N3O8S2/c1-23-19-37(24(2)22-38)33(39)29-18-28(35-47(42,43)32-9-7-17-46-32)14-15-30(29)45-25(3)8-5-6-16-44-31(23)21-36(4)20-26-10-12-27(13-11-26)34(40)41/h7,9-15,17-18,23-25,31,35,38H,5-6,8,16,19-22H2,1-4H3,(H,40,41)/t23-,24+,25+,31-/m0/s1. The third kappa shape index (κ3) is 10.0. The van der Waals surface area contributed by atoms with Gasteiger partial charge >= 0.3 is 5.97 Å².